The van der Waals surface area contributed by atoms with Crippen molar-refractivity contribution in [2.24, 2.45) is 0 Å². The summed E-state index contributed by atoms with van der Waals surface area (Å²) in [5.74, 6) is 1.09. The van der Waals surface area contributed by atoms with Crippen LogP contribution in [0.3, 0.4) is 0 Å². The van der Waals surface area contributed by atoms with Crippen molar-refractivity contribution in [3.63, 3.8) is 0 Å². The molecule has 0 radical (unpaired) electrons. The number of fused-ring (bicyclic) bond motifs is 4. The summed E-state index contributed by atoms with van der Waals surface area (Å²) in [6, 6.07) is 18.6. The summed E-state index contributed by atoms with van der Waals surface area (Å²) in [6.07, 6.45) is 0.845. The lowest BCUT2D eigenvalue weighted by Gasteiger charge is -2.23. The van der Waals surface area contributed by atoms with Crippen molar-refractivity contribution in [3.8, 4) is 33.9 Å². The van der Waals surface area contributed by atoms with E-state index in [9.17, 15) is 4.79 Å². The van der Waals surface area contributed by atoms with Gasteiger partial charge < -0.3 is 18.8 Å². The number of carbonyl (C=O) groups excluding carboxylic acids is 1. The second kappa shape index (κ2) is 8.90. The van der Waals surface area contributed by atoms with Crippen LogP contribution in [0.15, 0.2) is 54.6 Å². The Morgan fingerprint density at radius 2 is 1.76 bits per heavy atom. The number of aryl methyl sites for hydroxylation is 1. The van der Waals surface area contributed by atoms with Gasteiger partial charge in [-0.25, -0.2) is 4.79 Å². The molecule has 0 unspecified atom stereocenters. The number of ether oxygens (including phenoxy) is 3. The molecule has 0 fully saturated rings. The number of hydrogen-bond acceptors (Lipinski definition) is 4. The van der Waals surface area contributed by atoms with Crippen LogP contribution >= 0.6 is 0 Å². The Balaban J connectivity index is 1.84. The van der Waals surface area contributed by atoms with Gasteiger partial charge in [-0.3, -0.25) is 0 Å². The van der Waals surface area contributed by atoms with Gasteiger partial charge in [0.15, 0.2) is 11.5 Å². The summed E-state index contributed by atoms with van der Waals surface area (Å²) in [7, 11) is 1.66. The topological polar surface area (TPSA) is 49.7 Å². The van der Waals surface area contributed by atoms with Gasteiger partial charge in [0, 0.05) is 23.4 Å². The molecule has 1 aliphatic heterocycles. The highest BCUT2D eigenvalue weighted by Gasteiger charge is 2.32. The van der Waals surface area contributed by atoms with Crippen molar-refractivity contribution in [1.29, 1.82) is 0 Å². The summed E-state index contributed by atoms with van der Waals surface area (Å²) in [4.78, 5) is 13.5. The number of methoxy groups -OCH3 is 1. The molecule has 0 spiro atoms. The SMILES string of the molecule is CCOC(=O)c1c(-c2cccc3ccccc23)c(C)n2c1-c1cc(OCC)c(OC)cc1CC2. The third-order valence-corrected chi connectivity index (χ3v) is 6.61. The Morgan fingerprint density at radius 1 is 0.971 bits per heavy atom. The molecule has 0 saturated heterocycles. The van der Waals surface area contributed by atoms with Gasteiger partial charge in [0.2, 0.25) is 0 Å². The molecule has 0 aliphatic carbocycles. The van der Waals surface area contributed by atoms with E-state index in [2.05, 4.69) is 41.8 Å². The standard InChI is InChI=1S/C29H29NO4/c1-5-33-25-17-23-20(16-24(25)32-4)14-15-30-18(3)26(27(28(23)30)29(31)34-6-2)22-13-9-11-19-10-7-8-12-21(19)22/h7-13,16-17H,5-6,14-15H2,1-4H3. The number of benzene rings is 3. The molecule has 34 heavy (non-hydrogen) atoms. The summed E-state index contributed by atoms with van der Waals surface area (Å²) in [5.41, 5.74) is 6.68. The van der Waals surface area contributed by atoms with Crippen LogP contribution in [0.2, 0.25) is 0 Å². The summed E-state index contributed by atoms with van der Waals surface area (Å²) in [6.45, 7) is 7.52. The van der Waals surface area contributed by atoms with Crippen molar-refractivity contribution in [2.45, 2.75) is 33.7 Å². The first-order valence-corrected chi connectivity index (χ1v) is 11.8. The van der Waals surface area contributed by atoms with Gasteiger partial charge >= 0.3 is 5.97 Å². The maximum absolute atomic E-state index is 13.5. The largest absolute Gasteiger partial charge is 0.493 e. The van der Waals surface area contributed by atoms with E-state index in [1.54, 1.807) is 7.11 Å². The van der Waals surface area contributed by atoms with Crippen LogP contribution in [0.1, 0.15) is 35.5 Å². The van der Waals surface area contributed by atoms with Crippen LogP contribution in [-0.2, 0) is 17.7 Å². The molecule has 174 valence electrons. The van der Waals surface area contributed by atoms with E-state index in [0.29, 0.717) is 30.3 Å². The number of hydrogen-bond donors (Lipinski definition) is 0. The number of aromatic nitrogens is 1. The van der Waals surface area contributed by atoms with E-state index in [-0.39, 0.29) is 5.97 Å². The van der Waals surface area contributed by atoms with Crippen molar-refractivity contribution in [3.05, 3.63) is 71.4 Å². The molecule has 1 aliphatic rings. The van der Waals surface area contributed by atoms with Crippen molar-refractivity contribution in [1.82, 2.24) is 4.57 Å². The smallest absolute Gasteiger partial charge is 0.340 e. The Hall–Kier alpha value is -3.73. The van der Waals surface area contributed by atoms with Crippen molar-refractivity contribution < 1.29 is 19.0 Å². The molecule has 0 bridgehead atoms. The average Bonchev–Trinajstić information content (AvgIpc) is 3.16. The molecule has 5 nitrogen and oxygen atoms in total. The highest BCUT2D eigenvalue weighted by Crippen LogP contribution is 2.46. The first-order chi connectivity index (χ1) is 16.6. The van der Waals surface area contributed by atoms with E-state index in [1.807, 2.05) is 38.1 Å². The van der Waals surface area contributed by atoms with Crippen molar-refractivity contribution in [2.75, 3.05) is 20.3 Å². The third-order valence-electron chi connectivity index (χ3n) is 6.61. The lowest BCUT2D eigenvalue weighted by atomic mass is 9.91. The normalized spacial score (nSPS) is 12.2. The third kappa shape index (κ3) is 3.43. The fourth-order valence-corrected chi connectivity index (χ4v) is 5.16. The minimum absolute atomic E-state index is 0.302. The number of nitrogens with zero attached hydrogens (tertiary/aromatic N) is 1. The molecule has 0 saturated carbocycles. The molecule has 5 rings (SSSR count). The van der Waals surface area contributed by atoms with Gasteiger partial charge in [-0.2, -0.15) is 0 Å². The summed E-state index contributed by atoms with van der Waals surface area (Å²) < 4.78 is 19.3. The van der Waals surface area contributed by atoms with Crippen LogP contribution in [0.5, 0.6) is 11.5 Å². The van der Waals surface area contributed by atoms with Gasteiger partial charge in [0.25, 0.3) is 0 Å². The first kappa shape index (κ1) is 22.1. The first-order valence-electron chi connectivity index (χ1n) is 11.8. The minimum atomic E-state index is -0.302. The highest BCUT2D eigenvalue weighted by molar-refractivity contribution is 6.09. The predicted octanol–water partition coefficient (Wildman–Crippen LogP) is 6.42. The molecule has 3 aromatic carbocycles. The van der Waals surface area contributed by atoms with Crippen molar-refractivity contribution >= 4 is 16.7 Å². The maximum atomic E-state index is 13.5. The maximum Gasteiger partial charge on any atom is 0.340 e. The monoisotopic (exact) mass is 455 g/mol. The molecule has 0 N–H and O–H groups in total. The zero-order valence-electron chi connectivity index (χ0n) is 20.1. The zero-order valence-corrected chi connectivity index (χ0v) is 20.1. The van der Waals surface area contributed by atoms with Gasteiger partial charge in [-0.15, -0.1) is 0 Å². The van der Waals surface area contributed by atoms with Crippen LogP contribution in [0.25, 0.3) is 33.2 Å². The van der Waals surface area contributed by atoms with Gasteiger partial charge in [0.05, 0.1) is 31.6 Å². The van der Waals surface area contributed by atoms with E-state index in [4.69, 9.17) is 14.2 Å². The Labute approximate surface area is 199 Å². The summed E-state index contributed by atoms with van der Waals surface area (Å²) in [5, 5.41) is 2.26. The van der Waals surface area contributed by atoms with E-state index in [1.165, 1.54) is 0 Å². The van der Waals surface area contributed by atoms with E-state index >= 15 is 0 Å². The van der Waals surface area contributed by atoms with E-state index < -0.39 is 0 Å². The lowest BCUT2D eigenvalue weighted by molar-refractivity contribution is 0.0528. The van der Waals surface area contributed by atoms with Crippen LogP contribution in [-0.4, -0.2) is 30.9 Å². The fraction of sp³-hybridized carbons (Fsp3) is 0.276. The Kier molecular flexibility index (Phi) is 5.78. The van der Waals surface area contributed by atoms with Gasteiger partial charge in [0.1, 0.15) is 0 Å². The van der Waals surface area contributed by atoms with Gasteiger partial charge in [-0.1, -0.05) is 42.5 Å². The Bertz CT molecular complexity index is 1390. The quantitative estimate of drug-likeness (QED) is 0.315. The van der Waals surface area contributed by atoms with E-state index in [0.717, 1.165) is 57.4 Å². The van der Waals surface area contributed by atoms with Gasteiger partial charge in [-0.05, 0) is 61.2 Å². The molecule has 2 heterocycles. The fourth-order valence-electron chi connectivity index (χ4n) is 5.16. The molecule has 0 amide bonds. The highest BCUT2D eigenvalue weighted by atomic mass is 16.5. The van der Waals surface area contributed by atoms with Crippen LogP contribution in [0, 0.1) is 6.92 Å². The molecule has 0 atom stereocenters. The zero-order chi connectivity index (χ0) is 23.8. The van der Waals surface area contributed by atoms with Crippen LogP contribution < -0.4 is 9.47 Å². The minimum Gasteiger partial charge on any atom is -0.493 e. The molecular weight excluding hydrogens is 426 g/mol. The second-order valence-corrected chi connectivity index (χ2v) is 8.43. The summed E-state index contributed by atoms with van der Waals surface area (Å²) >= 11 is 0. The number of carbonyl (C=O) groups is 1. The average molecular weight is 456 g/mol. The predicted molar refractivity (Wildman–Crippen MR) is 135 cm³/mol. The molecule has 5 heteroatoms. The number of rotatable bonds is 6. The molecular formula is C29H29NO4. The van der Waals surface area contributed by atoms with Crippen LogP contribution in [0.4, 0.5) is 0 Å². The Morgan fingerprint density at radius 3 is 2.53 bits per heavy atom. The lowest BCUT2D eigenvalue weighted by Crippen LogP contribution is -2.15. The molecule has 4 aromatic rings. The second-order valence-electron chi connectivity index (χ2n) is 8.43. The molecule has 1 aromatic heterocycles. The number of esters is 1.